The van der Waals surface area contributed by atoms with E-state index in [4.69, 9.17) is 10.5 Å². The second-order valence-electron chi connectivity index (χ2n) is 4.78. The molecule has 0 fully saturated rings. The van der Waals surface area contributed by atoms with Crippen molar-refractivity contribution < 1.29 is 13.9 Å². The fourth-order valence-corrected chi connectivity index (χ4v) is 1.79. The normalized spacial score (nSPS) is 9.61. The summed E-state index contributed by atoms with van der Waals surface area (Å²) in [6.07, 6.45) is -0.112. The van der Waals surface area contributed by atoms with Crippen LogP contribution in [0.1, 0.15) is 17.5 Å². The van der Waals surface area contributed by atoms with Gasteiger partial charge in [-0.05, 0) is 23.8 Å². The summed E-state index contributed by atoms with van der Waals surface area (Å²) in [6.45, 7) is 0.548. The lowest BCUT2D eigenvalue weighted by Crippen LogP contribution is -2.24. The number of halogens is 1. The minimum absolute atomic E-state index is 0.217. The molecule has 1 amide bonds. The standard InChI is InChI=1S/C18H17FN2O2/c19-17-12-16(20)10-9-15(17)8-4-5-11-21-18(22)23-13-14-6-2-1-3-7-14/h1-3,6-7,9-10,12H,5,11,13,20H2,(H,21,22). The summed E-state index contributed by atoms with van der Waals surface area (Å²) in [7, 11) is 0. The molecule has 0 unspecified atom stereocenters. The highest BCUT2D eigenvalue weighted by Gasteiger charge is 2.01. The van der Waals surface area contributed by atoms with Crippen LogP contribution in [0.25, 0.3) is 0 Å². The summed E-state index contributed by atoms with van der Waals surface area (Å²) in [5.41, 5.74) is 7.02. The van der Waals surface area contributed by atoms with Crippen LogP contribution in [0.4, 0.5) is 14.9 Å². The molecule has 0 aromatic heterocycles. The van der Waals surface area contributed by atoms with E-state index in [-0.39, 0.29) is 12.2 Å². The Hall–Kier alpha value is -3.00. The fourth-order valence-electron chi connectivity index (χ4n) is 1.79. The molecule has 0 spiro atoms. The number of hydrogen-bond donors (Lipinski definition) is 2. The molecular formula is C18H17FN2O2. The molecule has 5 heteroatoms. The molecule has 4 nitrogen and oxygen atoms in total. The lowest BCUT2D eigenvalue weighted by Gasteiger charge is -2.05. The van der Waals surface area contributed by atoms with Crippen LogP contribution in [0, 0.1) is 17.7 Å². The predicted octanol–water partition coefficient (Wildman–Crippen LogP) is 3.08. The van der Waals surface area contributed by atoms with Crippen LogP contribution in [-0.2, 0) is 11.3 Å². The summed E-state index contributed by atoms with van der Waals surface area (Å²) < 4.78 is 18.5. The third-order valence-corrected chi connectivity index (χ3v) is 2.95. The van der Waals surface area contributed by atoms with Gasteiger partial charge in [0.05, 0.1) is 5.56 Å². The SMILES string of the molecule is Nc1ccc(C#CCCNC(=O)OCc2ccccc2)c(F)c1. The van der Waals surface area contributed by atoms with E-state index in [1.54, 1.807) is 6.07 Å². The first-order valence-corrected chi connectivity index (χ1v) is 7.13. The number of carbonyl (C=O) groups is 1. The van der Waals surface area contributed by atoms with Crippen molar-refractivity contribution in [1.29, 1.82) is 0 Å². The van der Waals surface area contributed by atoms with Crippen molar-refractivity contribution in [2.45, 2.75) is 13.0 Å². The maximum atomic E-state index is 13.5. The zero-order valence-corrected chi connectivity index (χ0v) is 12.5. The highest BCUT2D eigenvalue weighted by molar-refractivity contribution is 5.67. The molecular weight excluding hydrogens is 295 g/mol. The van der Waals surface area contributed by atoms with Gasteiger partial charge in [-0.1, -0.05) is 42.2 Å². The highest BCUT2D eigenvalue weighted by atomic mass is 19.1. The molecule has 0 radical (unpaired) electrons. The van der Waals surface area contributed by atoms with Gasteiger partial charge in [0.15, 0.2) is 0 Å². The van der Waals surface area contributed by atoms with E-state index in [1.807, 2.05) is 30.3 Å². The Morgan fingerprint density at radius 3 is 2.74 bits per heavy atom. The van der Waals surface area contributed by atoms with Crippen molar-refractivity contribution in [3.63, 3.8) is 0 Å². The zero-order chi connectivity index (χ0) is 16.5. The van der Waals surface area contributed by atoms with Gasteiger partial charge >= 0.3 is 6.09 Å². The van der Waals surface area contributed by atoms with Crippen molar-refractivity contribution in [1.82, 2.24) is 5.32 Å². The third kappa shape index (κ3) is 5.71. The van der Waals surface area contributed by atoms with Crippen LogP contribution < -0.4 is 11.1 Å². The fraction of sp³-hybridized carbons (Fsp3) is 0.167. The van der Waals surface area contributed by atoms with Gasteiger partial charge in [0.2, 0.25) is 0 Å². The summed E-state index contributed by atoms with van der Waals surface area (Å²) in [5, 5.41) is 2.59. The smallest absolute Gasteiger partial charge is 0.407 e. The van der Waals surface area contributed by atoms with Crippen LogP contribution in [0.3, 0.4) is 0 Å². The number of amides is 1. The second kappa shape index (κ2) is 8.44. The van der Waals surface area contributed by atoms with E-state index in [9.17, 15) is 9.18 Å². The van der Waals surface area contributed by atoms with Crippen molar-refractivity contribution in [3.8, 4) is 11.8 Å². The molecule has 0 aliphatic carbocycles. The van der Waals surface area contributed by atoms with Crippen LogP contribution >= 0.6 is 0 Å². The Bertz CT molecular complexity index is 721. The molecule has 0 aliphatic heterocycles. The molecule has 0 atom stereocenters. The van der Waals surface area contributed by atoms with Crippen LogP contribution in [0.2, 0.25) is 0 Å². The zero-order valence-electron chi connectivity index (χ0n) is 12.5. The van der Waals surface area contributed by atoms with Gasteiger partial charge in [-0.15, -0.1) is 0 Å². The average molecular weight is 312 g/mol. The van der Waals surface area contributed by atoms with Crippen molar-refractivity contribution >= 4 is 11.8 Å². The number of carbonyl (C=O) groups excluding carboxylic acids is 1. The lowest BCUT2D eigenvalue weighted by molar-refractivity contribution is 0.140. The summed E-state index contributed by atoms with van der Waals surface area (Å²) >= 11 is 0. The molecule has 0 saturated heterocycles. The first-order chi connectivity index (χ1) is 11.1. The van der Waals surface area contributed by atoms with E-state index in [0.29, 0.717) is 18.7 Å². The highest BCUT2D eigenvalue weighted by Crippen LogP contribution is 2.10. The predicted molar refractivity (Wildman–Crippen MR) is 86.9 cm³/mol. The average Bonchev–Trinajstić information content (AvgIpc) is 2.55. The number of hydrogen-bond acceptors (Lipinski definition) is 3. The van der Waals surface area contributed by atoms with E-state index < -0.39 is 11.9 Å². The maximum Gasteiger partial charge on any atom is 0.407 e. The van der Waals surface area contributed by atoms with Crippen LogP contribution in [-0.4, -0.2) is 12.6 Å². The Kier molecular flexibility index (Phi) is 6.01. The minimum Gasteiger partial charge on any atom is -0.445 e. The number of alkyl carbamates (subject to hydrolysis) is 1. The molecule has 2 aromatic carbocycles. The van der Waals surface area contributed by atoms with Gasteiger partial charge in [-0.3, -0.25) is 0 Å². The van der Waals surface area contributed by atoms with Gasteiger partial charge in [0, 0.05) is 18.7 Å². The minimum atomic E-state index is -0.505. The van der Waals surface area contributed by atoms with Crippen LogP contribution in [0.15, 0.2) is 48.5 Å². The Morgan fingerprint density at radius 2 is 2.00 bits per heavy atom. The van der Waals surface area contributed by atoms with Gasteiger partial charge < -0.3 is 15.8 Å². The van der Waals surface area contributed by atoms with Gasteiger partial charge in [-0.2, -0.15) is 0 Å². The molecule has 0 aliphatic rings. The molecule has 0 bridgehead atoms. The maximum absolute atomic E-state index is 13.5. The molecule has 2 rings (SSSR count). The van der Waals surface area contributed by atoms with Gasteiger partial charge in [0.1, 0.15) is 12.4 Å². The van der Waals surface area contributed by atoms with Crippen molar-refractivity contribution in [2.24, 2.45) is 0 Å². The van der Waals surface area contributed by atoms with E-state index >= 15 is 0 Å². The quantitative estimate of drug-likeness (QED) is 0.518. The number of nitrogens with two attached hydrogens (primary N) is 1. The molecule has 2 aromatic rings. The lowest BCUT2D eigenvalue weighted by atomic mass is 10.2. The van der Waals surface area contributed by atoms with E-state index in [2.05, 4.69) is 17.2 Å². The number of nitrogen functional groups attached to an aromatic ring is 1. The Morgan fingerprint density at radius 1 is 1.22 bits per heavy atom. The first kappa shape index (κ1) is 16.4. The molecule has 118 valence electrons. The number of rotatable bonds is 4. The Labute approximate surface area is 134 Å². The topological polar surface area (TPSA) is 64.3 Å². The van der Waals surface area contributed by atoms with Crippen molar-refractivity contribution in [2.75, 3.05) is 12.3 Å². The van der Waals surface area contributed by atoms with Crippen molar-refractivity contribution in [3.05, 3.63) is 65.5 Å². The number of benzene rings is 2. The number of nitrogens with one attached hydrogen (secondary N) is 1. The monoisotopic (exact) mass is 312 g/mol. The molecule has 0 saturated carbocycles. The van der Waals surface area contributed by atoms with Gasteiger partial charge in [0.25, 0.3) is 0 Å². The summed E-state index contributed by atoms with van der Waals surface area (Å²) in [4.78, 5) is 11.5. The van der Waals surface area contributed by atoms with Crippen LogP contribution in [0.5, 0.6) is 0 Å². The Balaban J connectivity index is 1.69. The number of anilines is 1. The van der Waals surface area contributed by atoms with Gasteiger partial charge in [-0.25, -0.2) is 9.18 Å². The summed E-state index contributed by atoms with van der Waals surface area (Å²) in [6, 6.07) is 13.7. The molecule has 23 heavy (non-hydrogen) atoms. The molecule has 3 N–H and O–H groups in total. The number of ether oxygens (including phenoxy) is 1. The third-order valence-electron chi connectivity index (χ3n) is 2.95. The first-order valence-electron chi connectivity index (χ1n) is 7.13. The molecule has 0 heterocycles. The second-order valence-corrected chi connectivity index (χ2v) is 4.78. The van der Waals surface area contributed by atoms with E-state index in [0.717, 1.165) is 5.56 Å². The summed E-state index contributed by atoms with van der Waals surface area (Å²) in [5.74, 6) is 5.04. The largest absolute Gasteiger partial charge is 0.445 e. The van der Waals surface area contributed by atoms with E-state index in [1.165, 1.54) is 12.1 Å².